The molecule has 1 aromatic heterocycles. The van der Waals surface area contributed by atoms with Gasteiger partial charge in [0.15, 0.2) is 0 Å². The molecule has 0 aliphatic rings. The van der Waals surface area contributed by atoms with Gasteiger partial charge >= 0.3 is 0 Å². The third-order valence-electron chi connectivity index (χ3n) is 3.61. The van der Waals surface area contributed by atoms with E-state index >= 15 is 0 Å². The smallest absolute Gasteiger partial charge is 0.0583 e. The van der Waals surface area contributed by atoms with Crippen LogP contribution >= 0.6 is 0 Å². The van der Waals surface area contributed by atoms with E-state index in [1.54, 1.807) is 6.20 Å². The topological polar surface area (TPSA) is 33.1 Å². The van der Waals surface area contributed by atoms with Gasteiger partial charge in [0.1, 0.15) is 0 Å². The van der Waals surface area contributed by atoms with Crippen LogP contribution in [-0.2, 0) is 12.8 Å². The molecule has 0 bridgehead atoms. The molecule has 2 aromatic rings. The molecule has 0 radical (unpaired) electrons. The summed E-state index contributed by atoms with van der Waals surface area (Å²) in [6.07, 6.45) is 5.72. The average molecular weight is 269 g/mol. The first-order valence-electron chi connectivity index (χ1n) is 7.31. The van der Waals surface area contributed by atoms with Crippen molar-refractivity contribution in [1.82, 2.24) is 4.98 Å². The van der Waals surface area contributed by atoms with Crippen LogP contribution in [0.5, 0.6) is 0 Å². The van der Waals surface area contributed by atoms with Gasteiger partial charge in [-0.1, -0.05) is 44.2 Å². The molecule has 1 heterocycles. The molecule has 0 aliphatic carbocycles. The van der Waals surface area contributed by atoms with Crippen molar-refractivity contribution in [2.24, 2.45) is 0 Å². The maximum absolute atomic E-state index is 10.1. The largest absolute Gasteiger partial charge is 0.393 e. The molecular formula is C18H23NO. The Hall–Kier alpha value is -1.67. The zero-order valence-corrected chi connectivity index (χ0v) is 12.3. The molecule has 0 fully saturated rings. The maximum Gasteiger partial charge on any atom is 0.0583 e. The fraction of sp³-hybridized carbons (Fsp3) is 0.389. The first kappa shape index (κ1) is 14.7. The molecule has 2 heteroatoms. The number of benzene rings is 1. The average Bonchev–Trinajstić information content (AvgIpc) is 2.47. The number of aliphatic hydroxyl groups excluding tert-OH is 1. The van der Waals surface area contributed by atoms with Crippen molar-refractivity contribution in [3.05, 3.63) is 65.5 Å². The van der Waals surface area contributed by atoms with E-state index in [-0.39, 0.29) is 6.10 Å². The molecule has 2 nitrogen and oxygen atoms in total. The fourth-order valence-electron chi connectivity index (χ4n) is 2.29. The zero-order valence-electron chi connectivity index (χ0n) is 12.3. The van der Waals surface area contributed by atoms with Crippen molar-refractivity contribution in [3.63, 3.8) is 0 Å². The number of aliphatic hydroxyl groups is 1. The lowest BCUT2D eigenvalue weighted by atomic mass is 9.98. The summed E-state index contributed by atoms with van der Waals surface area (Å²) in [5.74, 6) is 0.555. The Morgan fingerprint density at radius 3 is 2.40 bits per heavy atom. The normalized spacial score (nSPS) is 12.6. The summed E-state index contributed by atoms with van der Waals surface area (Å²) in [7, 11) is 0. The quantitative estimate of drug-likeness (QED) is 0.866. The predicted molar refractivity (Wildman–Crippen MR) is 82.8 cm³/mol. The van der Waals surface area contributed by atoms with Gasteiger partial charge in [-0.05, 0) is 47.9 Å². The number of rotatable bonds is 6. The van der Waals surface area contributed by atoms with Crippen LogP contribution in [0.3, 0.4) is 0 Å². The maximum atomic E-state index is 10.1. The summed E-state index contributed by atoms with van der Waals surface area (Å²) in [4.78, 5) is 4.09. The van der Waals surface area contributed by atoms with Crippen LogP contribution in [0.4, 0.5) is 0 Å². The van der Waals surface area contributed by atoms with Crippen LogP contribution in [-0.4, -0.2) is 16.2 Å². The van der Waals surface area contributed by atoms with E-state index in [0.29, 0.717) is 5.92 Å². The van der Waals surface area contributed by atoms with Gasteiger partial charge < -0.3 is 5.11 Å². The minimum atomic E-state index is -0.292. The highest BCUT2D eigenvalue weighted by atomic mass is 16.3. The zero-order chi connectivity index (χ0) is 14.4. The third kappa shape index (κ3) is 4.46. The summed E-state index contributed by atoms with van der Waals surface area (Å²) in [5, 5.41) is 10.1. The number of aryl methyl sites for hydroxylation is 1. The van der Waals surface area contributed by atoms with Crippen molar-refractivity contribution in [2.45, 2.75) is 45.1 Å². The summed E-state index contributed by atoms with van der Waals surface area (Å²) < 4.78 is 0. The van der Waals surface area contributed by atoms with Crippen LogP contribution < -0.4 is 0 Å². The Labute approximate surface area is 121 Å². The van der Waals surface area contributed by atoms with Crippen LogP contribution in [0.2, 0.25) is 0 Å². The minimum Gasteiger partial charge on any atom is -0.393 e. The van der Waals surface area contributed by atoms with Gasteiger partial charge in [0.2, 0.25) is 0 Å². The molecule has 1 aromatic carbocycles. The summed E-state index contributed by atoms with van der Waals surface area (Å²) in [6.45, 7) is 4.38. The molecule has 1 atom stereocenters. The van der Waals surface area contributed by atoms with Gasteiger partial charge in [-0.15, -0.1) is 0 Å². The monoisotopic (exact) mass is 269 g/mol. The van der Waals surface area contributed by atoms with Crippen molar-refractivity contribution in [1.29, 1.82) is 0 Å². The summed E-state index contributed by atoms with van der Waals surface area (Å²) in [5.41, 5.74) is 3.73. The second-order valence-corrected chi connectivity index (χ2v) is 5.65. The SMILES string of the molecule is CC(C)c1ccc(CC(O)CCc2cccnc2)cc1. The van der Waals surface area contributed by atoms with Crippen LogP contribution in [0, 0.1) is 0 Å². The number of nitrogens with zero attached hydrogens (tertiary/aromatic N) is 1. The first-order chi connectivity index (χ1) is 9.65. The molecule has 1 N–H and O–H groups in total. The van der Waals surface area contributed by atoms with E-state index in [9.17, 15) is 5.11 Å². The standard InChI is InChI=1S/C18H23NO/c1-14(2)17-8-5-15(6-9-17)12-18(20)10-7-16-4-3-11-19-13-16/h3-6,8-9,11,13-14,18,20H,7,10,12H2,1-2H3. The van der Waals surface area contributed by atoms with Crippen molar-refractivity contribution in [3.8, 4) is 0 Å². The molecule has 1 unspecified atom stereocenters. The Bertz CT molecular complexity index is 505. The van der Waals surface area contributed by atoms with E-state index in [0.717, 1.165) is 19.3 Å². The van der Waals surface area contributed by atoms with E-state index in [1.807, 2.05) is 12.3 Å². The summed E-state index contributed by atoms with van der Waals surface area (Å²) >= 11 is 0. The molecule has 20 heavy (non-hydrogen) atoms. The highest BCUT2D eigenvalue weighted by Gasteiger charge is 2.07. The first-order valence-corrected chi connectivity index (χ1v) is 7.31. The van der Waals surface area contributed by atoms with Gasteiger partial charge in [0.05, 0.1) is 6.10 Å². The van der Waals surface area contributed by atoms with Crippen molar-refractivity contribution in [2.75, 3.05) is 0 Å². The molecule has 2 rings (SSSR count). The number of hydrogen-bond acceptors (Lipinski definition) is 2. The number of hydrogen-bond donors (Lipinski definition) is 1. The highest BCUT2D eigenvalue weighted by Crippen LogP contribution is 2.16. The van der Waals surface area contributed by atoms with Crippen molar-refractivity contribution >= 4 is 0 Å². The van der Waals surface area contributed by atoms with Gasteiger partial charge in [-0.25, -0.2) is 0 Å². The molecule has 0 spiro atoms. The van der Waals surface area contributed by atoms with E-state index in [1.165, 1.54) is 16.7 Å². The van der Waals surface area contributed by atoms with E-state index in [2.05, 4.69) is 49.2 Å². The Kier molecular flexibility index (Phi) is 5.31. The minimum absolute atomic E-state index is 0.292. The van der Waals surface area contributed by atoms with Gasteiger partial charge in [-0.2, -0.15) is 0 Å². The fourth-order valence-corrected chi connectivity index (χ4v) is 2.29. The van der Waals surface area contributed by atoms with Gasteiger partial charge in [0, 0.05) is 12.4 Å². The molecule has 106 valence electrons. The lowest BCUT2D eigenvalue weighted by Gasteiger charge is -2.12. The Balaban J connectivity index is 1.83. The number of aromatic nitrogens is 1. The van der Waals surface area contributed by atoms with Crippen molar-refractivity contribution < 1.29 is 5.11 Å². The molecule has 0 aliphatic heterocycles. The second kappa shape index (κ2) is 7.20. The highest BCUT2D eigenvalue weighted by molar-refractivity contribution is 5.25. The van der Waals surface area contributed by atoms with Gasteiger partial charge in [0.25, 0.3) is 0 Å². The van der Waals surface area contributed by atoms with Crippen LogP contribution in [0.15, 0.2) is 48.8 Å². The van der Waals surface area contributed by atoms with E-state index < -0.39 is 0 Å². The molecule has 0 saturated carbocycles. The predicted octanol–water partition coefficient (Wildman–Crippen LogP) is 3.74. The van der Waals surface area contributed by atoms with Crippen LogP contribution in [0.25, 0.3) is 0 Å². The van der Waals surface area contributed by atoms with Gasteiger partial charge in [-0.3, -0.25) is 4.98 Å². The molecule has 0 saturated heterocycles. The lowest BCUT2D eigenvalue weighted by molar-refractivity contribution is 0.165. The Morgan fingerprint density at radius 1 is 1.05 bits per heavy atom. The van der Waals surface area contributed by atoms with E-state index in [4.69, 9.17) is 0 Å². The van der Waals surface area contributed by atoms with Crippen LogP contribution in [0.1, 0.15) is 42.9 Å². The Morgan fingerprint density at radius 2 is 1.80 bits per heavy atom. The lowest BCUT2D eigenvalue weighted by Crippen LogP contribution is -2.11. The number of pyridine rings is 1. The summed E-state index contributed by atoms with van der Waals surface area (Å²) in [6, 6.07) is 12.6. The third-order valence-corrected chi connectivity index (χ3v) is 3.61. The molecular weight excluding hydrogens is 246 g/mol. The molecule has 0 amide bonds. The second-order valence-electron chi connectivity index (χ2n) is 5.65.